The Kier molecular flexibility index (Phi) is 3.30. The van der Waals surface area contributed by atoms with Crippen LogP contribution in [0.15, 0.2) is 42.5 Å². The average molecular weight is 304 g/mol. The number of amides is 1. The van der Waals surface area contributed by atoms with Crippen molar-refractivity contribution in [3.63, 3.8) is 0 Å². The van der Waals surface area contributed by atoms with E-state index in [1.54, 1.807) is 30.3 Å². The standard InChI is InChI=1S/C14H10ClN3OS/c15-9-3-1-2-8(6-9)13(19)17-10-4-5-11-12(7-10)20-14(16)18-11/h1-7H,(H2,16,18)(H,17,19). The smallest absolute Gasteiger partial charge is 0.255 e. The first-order chi connectivity index (χ1) is 9.61. The molecule has 20 heavy (non-hydrogen) atoms. The number of nitrogens with zero attached hydrogens (tertiary/aromatic N) is 1. The van der Waals surface area contributed by atoms with Crippen molar-refractivity contribution < 1.29 is 4.79 Å². The fourth-order valence-corrected chi connectivity index (χ4v) is 2.82. The van der Waals surface area contributed by atoms with Crippen molar-refractivity contribution >= 4 is 49.9 Å². The normalized spacial score (nSPS) is 10.7. The predicted molar refractivity (Wildman–Crippen MR) is 83.4 cm³/mol. The minimum Gasteiger partial charge on any atom is -0.375 e. The molecule has 3 N–H and O–H groups in total. The Balaban J connectivity index is 1.87. The number of benzene rings is 2. The number of hydrogen-bond donors (Lipinski definition) is 2. The number of anilines is 2. The number of nitrogens with one attached hydrogen (secondary N) is 1. The molecule has 0 saturated carbocycles. The number of nitrogens with two attached hydrogens (primary N) is 1. The summed E-state index contributed by atoms with van der Waals surface area (Å²) in [5.41, 5.74) is 7.70. The minimum atomic E-state index is -0.204. The number of rotatable bonds is 2. The lowest BCUT2D eigenvalue weighted by Crippen LogP contribution is -2.11. The van der Waals surface area contributed by atoms with Gasteiger partial charge < -0.3 is 11.1 Å². The van der Waals surface area contributed by atoms with Gasteiger partial charge in [-0.2, -0.15) is 0 Å². The van der Waals surface area contributed by atoms with Crippen LogP contribution in [0.2, 0.25) is 5.02 Å². The first-order valence-corrected chi connectivity index (χ1v) is 7.04. The molecule has 2 aromatic carbocycles. The molecule has 3 aromatic rings. The second-order valence-electron chi connectivity index (χ2n) is 4.20. The second-order valence-corrected chi connectivity index (χ2v) is 5.70. The largest absolute Gasteiger partial charge is 0.375 e. The molecule has 1 aromatic heterocycles. The van der Waals surface area contributed by atoms with Gasteiger partial charge in [-0.1, -0.05) is 29.0 Å². The van der Waals surface area contributed by atoms with Crippen LogP contribution in [0.5, 0.6) is 0 Å². The number of fused-ring (bicyclic) bond motifs is 1. The highest BCUT2D eigenvalue weighted by atomic mass is 35.5. The van der Waals surface area contributed by atoms with E-state index in [2.05, 4.69) is 10.3 Å². The topological polar surface area (TPSA) is 68.0 Å². The van der Waals surface area contributed by atoms with Crippen LogP contribution < -0.4 is 11.1 Å². The maximum atomic E-state index is 12.1. The molecule has 3 rings (SSSR count). The van der Waals surface area contributed by atoms with Crippen LogP contribution in [0, 0.1) is 0 Å². The number of aromatic nitrogens is 1. The predicted octanol–water partition coefficient (Wildman–Crippen LogP) is 3.78. The van der Waals surface area contributed by atoms with E-state index in [9.17, 15) is 4.79 Å². The summed E-state index contributed by atoms with van der Waals surface area (Å²) in [6.07, 6.45) is 0. The Morgan fingerprint density at radius 2 is 2.10 bits per heavy atom. The van der Waals surface area contributed by atoms with Gasteiger partial charge in [0.15, 0.2) is 5.13 Å². The SMILES string of the molecule is Nc1nc2ccc(NC(=O)c3cccc(Cl)c3)cc2s1. The van der Waals surface area contributed by atoms with E-state index < -0.39 is 0 Å². The molecule has 0 aliphatic heterocycles. The third-order valence-corrected chi connectivity index (χ3v) is 3.83. The summed E-state index contributed by atoms with van der Waals surface area (Å²) in [4.78, 5) is 16.3. The van der Waals surface area contributed by atoms with Gasteiger partial charge >= 0.3 is 0 Å². The van der Waals surface area contributed by atoms with Gasteiger partial charge in [0, 0.05) is 16.3 Å². The molecular weight excluding hydrogens is 294 g/mol. The number of carbonyl (C=O) groups is 1. The fourth-order valence-electron chi connectivity index (χ4n) is 1.85. The lowest BCUT2D eigenvalue weighted by Gasteiger charge is -2.05. The molecule has 100 valence electrons. The van der Waals surface area contributed by atoms with Gasteiger partial charge in [0.25, 0.3) is 5.91 Å². The number of carbonyl (C=O) groups excluding carboxylic acids is 1. The van der Waals surface area contributed by atoms with Gasteiger partial charge in [0.2, 0.25) is 0 Å². The summed E-state index contributed by atoms with van der Waals surface area (Å²) in [6, 6.07) is 12.3. The van der Waals surface area contributed by atoms with Crippen LogP contribution in [0.25, 0.3) is 10.2 Å². The van der Waals surface area contributed by atoms with E-state index in [4.69, 9.17) is 17.3 Å². The summed E-state index contributed by atoms with van der Waals surface area (Å²) in [5.74, 6) is -0.204. The molecule has 0 unspecified atom stereocenters. The maximum absolute atomic E-state index is 12.1. The Labute approximate surface area is 124 Å². The molecule has 0 aliphatic carbocycles. The number of halogens is 1. The molecule has 0 atom stereocenters. The Bertz CT molecular complexity index is 800. The molecular formula is C14H10ClN3OS. The molecule has 0 spiro atoms. The van der Waals surface area contributed by atoms with Gasteiger partial charge in [-0.25, -0.2) is 4.98 Å². The Morgan fingerprint density at radius 1 is 1.25 bits per heavy atom. The number of hydrogen-bond acceptors (Lipinski definition) is 4. The van der Waals surface area contributed by atoms with E-state index in [-0.39, 0.29) is 5.91 Å². The van der Waals surface area contributed by atoms with Crippen molar-refractivity contribution in [2.45, 2.75) is 0 Å². The maximum Gasteiger partial charge on any atom is 0.255 e. The molecule has 0 fully saturated rings. The molecule has 0 radical (unpaired) electrons. The van der Waals surface area contributed by atoms with Crippen LogP contribution in [0.1, 0.15) is 10.4 Å². The van der Waals surface area contributed by atoms with Gasteiger partial charge in [-0.15, -0.1) is 0 Å². The monoisotopic (exact) mass is 303 g/mol. The van der Waals surface area contributed by atoms with Crippen molar-refractivity contribution in [3.8, 4) is 0 Å². The van der Waals surface area contributed by atoms with Gasteiger partial charge in [0.1, 0.15) is 0 Å². The van der Waals surface area contributed by atoms with Crippen molar-refractivity contribution in [2.75, 3.05) is 11.1 Å². The first kappa shape index (κ1) is 12.9. The lowest BCUT2D eigenvalue weighted by molar-refractivity contribution is 0.102. The molecule has 1 heterocycles. The van der Waals surface area contributed by atoms with Crippen LogP contribution in [-0.2, 0) is 0 Å². The third-order valence-electron chi connectivity index (χ3n) is 2.75. The van der Waals surface area contributed by atoms with Crippen LogP contribution in [0.4, 0.5) is 10.8 Å². The van der Waals surface area contributed by atoms with E-state index in [0.717, 1.165) is 10.2 Å². The van der Waals surface area contributed by atoms with Crippen LogP contribution in [-0.4, -0.2) is 10.9 Å². The molecule has 6 heteroatoms. The van der Waals surface area contributed by atoms with Gasteiger partial charge in [-0.3, -0.25) is 4.79 Å². The summed E-state index contributed by atoms with van der Waals surface area (Å²) in [6.45, 7) is 0. The minimum absolute atomic E-state index is 0.204. The Hall–Kier alpha value is -2.11. The molecule has 4 nitrogen and oxygen atoms in total. The zero-order valence-electron chi connectivity index (χ0n) is 10.3. The average Bonchev–Trinajstić information content (AvgIpc) is 2.78. The number of nitrogen functional groups attached to an aromatic ring is 1. The van der Waals surface area contributed by atoms with Crippen molar-refractivity contribution in [1.29, 1.82) is 0 Å². The van der Waals surface area contributed by atoms with E-state index in [1.807, 2.05) is 12.1 Å². The summed E-state index contributed by atoms with van der Waals surface area (Å²) >= 11 is 7.26. The van der Waals surface area contributed by atoms with Crippen LogP contribution >= 0.6 is 22.9 Å². The lowest BCUT2D eigenvalue weighted by atomic mass is 10.2. The zero-order valence-corrected chi connectivity index (χ0v) is 11.8. The van der Waals surface area contributed by atoms with Crippen molar-refractivity contribution in [1.82, 2.24) is 4.98 Å². The summed E-state index contributed by atoms with van der Waals surface area (Å²) < 4.78 is 0.936. The third kappa shape index (κ3) is 2.59. The van der Waals surface area contributed by atoms with E-state index >= 15 is 0 Å². The zero-order chi connectivity index (χ0) is 14.1. The Morgan fingerprint density at radius 3 is 2.90 bits per heavy atom. The second kappa shape index (κ2) is 5.11. The van der Waals surface area contributed by atoms with Gasteiger partial charge in [0.05, 0.1) is 10.2 Å². The van der Waals surface area contributed by atoms with E-state index in [0.29, 0.717) is 21.4 Å². The molecule has 0 bridgehead atoms. The number of thiazole rings is 1. The highest BCUT2D eigenvalue weighted by Crippen LogP contribution is 2.26. The fraction of sp³-hybridized carbons (Fsp3) is 0. The highest BCUT2D eigenvalue weighted by Gasteiger charge is 2.08. The first-order valence-electron chi connectivity index (χ1n) is 5.85. The molecule has 0 aliphatic rings. The summed E-state index contributed by atoms with van der Waals surface area (Å²) in [5, 5.41) is 3.87. The van der Waals surface area contributed by atoms with Crippen molar-refractivity contribution in [2.24, 2.45) is 0 Å². The summed E-state index contributed by atoms with van der Waals surface area (Å²) in [7, 11) is 0. The highest BCUT2D eigenvalue weighted by molar-refractivity contribution is 7.22. The van der Waals surface area contributed by atoms with E-state index in [1.165, 1.54) is 11.3 Å². The molecule has 0 saturated heterocycles. The van der Waals surface area contributed by atoms with Gasteiger partial charge in [-0.05, 0) is 36.4 Å². The van der Waals surface area contributed by atoms with Crippen LogP contribution in [0.3, 0.4) is 0 Å². The quantitative estimate of drug-likeness (QED) is 0.757. The van der Waals surface area contributed by atoms with Crippen molar-refractivity contribution in [3.05, 3.63) is 53.1 Å². The molecule has 1 amide bonds.